The van der Waals surface area contributed by atoms with Crippen molar-refractivity contribution in [2.45, 2.75) is 6.42 Å². The quantitative estimate of drug-likeness (QED) is 0.374. The maximum absolute atomic E-state index is 10.4. The predicted molar refractivity (Wildman–Crippen MR) is 84.6 cm³/mol. The average molecular weight is 269 g/mol. The van der Waals surface area contributed by atoms with Crippen LogP contribution in [0, 0.1) is 37.0 Å². The van der Waals surface area contributed by atoms with Gasteiger partial charge in [0.15, 0.2) is 0 Å². The Morgan fingerprint density at radius 1 is 0.905 bits per heavy atom. The third-order valence-electron chi connectivity index (χ3n) is 3.75. The van der Waals surface area contributed by atoms with Crippen molar-refractivity contribution in [2.75, 3.05) is 5.73 Å². The van der Waals surface area contributed by atoms with Gasteiger partial charge in [-0.25, -0.2) is 0 Å². The number of anilines is 1. The Balaban J connectivity index is 2.39. The van der Waals surface area contributed by atoms with Crippen molar-refractivity contribution in [2.24, 2.45) is 0 Å². The number of phenols is 1. The minimum Gasteiger partial charge on any atom is -0.505 e. The van der Waals surface area contributed by atoms with Gasteiger partial charge in [0.05, 0.1) is 11.3 Å². The Bertz CT molecular complexity index is 915. The Morgan fingerprint density at radius 2 is 1.57 bits per heavy atom. The molecule has 0 aliphatic heterocycles. The van der Waals surface area contributed by atoms with Crippen molar-refractivity contribution in [3.05, 3.63) is 46.0 Å². The molecule has 1 aliphatic rings. The van der Waals surface area contributed by atoms with Gasteiger partial charge in [-0.1, -0.05) is 17.8 Å². The molecule has 2 nitrogen and oxygen atoms in total. The number of nitrogen functional groups attached to an aromatic ring is 1. The molecule has 0 spiro atoms. The molecule has 98 valence electrons. The fourth-order valence-corrected chi connectivity index (χ4v) is 2.82. The Morgan fingerprint density at radius 3 is 2.19 bits per heavy atom. The third-order valence-corrected chi connectivity index (χ3v) is 3.75. The summed E-state index contributed by atoms with van der Waals surface area (Å²) in [5.74, 6) is 7.70. The highest BCUT2D eigenvalue weighted by molar-refractivity contribution is 5.91. The molecule has 0 atom stereocenters. The van der Waals surface area contributed by atoms with Crippen LogP contribution in [0.5, 0.6) is 5.75 Å². The smallest absolute Gasteiger partial charge is 0.147 e. The van der Waals surface area contributed by atoms with Gasteiger partial charge in [0, 0.05) is 22.3 Å². The number of benzene rings is 2. The summed E-state index contributed by atoms with van der Waals surface area (Å²) in [7, 11) is 0. The number of phenolic OH excluding ortho intramolecular Hbond substituents is 1. The molecule has 2 heteroatoms. The molecule has 0 unspecified atom stereocenters. The molecule has 3 rings (SSSR count). The largest absolute Gasteiger partial charge is 0.505 e. The summed E-state index contributed by atoms with van der Waals surface area (Å²) >= 11 is 0. The lowest BCUT2D eigenvalue weighted by Gasteiger charge is -2.11. The third kappa shape index (κ3) is 1.66. The van der Waals surface area contributed by atoms with Crippen molar-refractivity contribution in [1.29, 1.82) is 0 Å². The van der Waals surface area contributed by atoms with Gasteiger partial charge >= 0.3 is 0 Å². The van der Waals surface area contributed by atoms with Gasteiger partial charge in [0.25, 0.3) is 0 Å². The lowest BCUT2D eigenvalue weighted by molar-refractivity contribution is 0.479. The molecule has 0 radical (unpaired) electrons. The number of rotatable bonds is 0. The van der Waals surface area contributed by atoms with Crippen molar-refractivity contribution in [1.82, 2.24) is 0 Å². The summed E-state index contributed by atoms with van der Waals surface area (Å²) in [6.45, 7) is 0. The van der Waals surface area contributed by atoms with Gasteiger partial charge in [0.1, 0.15) is 5.75 Å². The van der Waals surface area contributed by atoms with E-state index in [0.717, 1.165) is 22.3 Å². The van der Waals surface area contributed by atoms with E-state index in [1.165, 1.54) is 0 Å². The molecule has 3 N–H and O–H groups in total. The van der Waals surface area contributed by atoms with Crippen LogP contribution in [0.1, 0.15) is 27.8 Å². The fourth-order valence-electron chi connectivity index (χ4n) is 2.82. The van der Waals surface area contributed by atoms with E-state index in [-0.39, 0.29) is 11.4 Å². The molecule has 0 bridgehead atoms. The molecule has 0 aromatic heterocycles. The number of terminal acetylenes is 3. The van der Waals surface area contributed by atoms with Crippen LogP contribution in [-0.4, -0.2) is 5.11 Å². The zero-order valence-electron chi connectivity index (χ0n) is 11.2. The average Bonchev–Trinajstić information content (AvgIpc) is 2.87. The fraction of sp³-hybridized carbons (Fsp3) is 0.0526. The number of aromatic hydroxyl groups is 1. The first-order valence-corrected chi connectivity index (χ1v) is 6.32. The number of nitrogens with two attached hydrogens (primary N) is 1. The zero-order valence-corrected chi connectivity index (χ0v) is 11.2. The van der Waals surface area contributed by atoms with Crippen LogP contribution in [0.15, 0.2) is 18.2 Å². The van der Waals surface area contributed by atoms with E-state index in [1.54, 1.807) is 6.07 Å². The number of hydrogen-bond acceptors (Lipinski definition) is 2. The molecule has 0 heterocycles. The summed E-state index contributed by atoms with van der Waals surface area (Å²) in [4.78, 5) is 0. The van der Waals surface area contributed by atoms with Gasteiger partial charge in [-0.3, -0.25) is 0 Å². The first kappa shape index (κ1) is 12.7. The second kappa shape index (κ2) is 4.38. The minimum absolute atomic E-state index is 0.0100. The van der Waals surface area contributed by atoms with E-state index in [2.05, 4.69) is 17.8 Å². The van der Waals surface area contributed by atoms with Crippen LogP contribution in [0.4, 0.5) is 5.69 Å². The van der Waals surface area contributed by atoms with Crippen molar-refractivity contribution in [3.8, 4) is 53.9 Å². The minimum atomic E-state index is -0.0100. The molecule has 0 fully saturated rings. The number of hydrogen-bond donors (Lipinski definition) is 2. The highest BCUT2D eigenvalue weighted by Crippen LogP contribution is 2.47. The van der Waals surface area contributed by atoms with Crippen LogP contribution in [0.3, 0.4) is 0 Å². The highest BCUT2D eigenvalue weighted by atomic mass is 16.3. The normalized spacial score (nSPS) is 10.9. The Kier molecular flexibility index (Phi) is 2.66. The first-order valence-electron chi connectivity index (χ1n) is 6.32. The Labute approximate surface area is 123 Å². The second-order valence-electron chi connectivity index (χ2n) is 4.89. The first-order chi connectivity index (χ1) is 10.1. The maximum Gasteiger partial charge on any atom is 0.147 e. The van der Waals surface area contributed by atoms with Crippen LogP contribution in [0.25, 0.3) is 11.1 Å². The summed E-state index contributed by atoms with van der Waals surface area (Å²) in [6.07, 6.45) is 17.1. The van der Waals surface area contributed by atoms with Crippen LogP contribution < -0.4 is 5.73 Å². The molecule has 21 heavy (non-hydrogen) atoms. The predicted octanol–water partition coefficient (Wildman–Crippen LogP) is 2.49. The van der Waals surface area contributed by atoms with Gasteiger partial charge < -0.3 is 10.8 Å². The lowest BCUT2D eigenvalue weighted by Crippen LogP contribution is -1.95. The topological polar surface area (TPSA) is 46.2 Å². The summed E-state index contributed by atoms with van der Waals surface area (Å²) in [6, 6.07) is 5.49. The van der Waals surface area contributed by atoms with Gasteiger partial charge in [-0.2, -0.15) is 0 Å². The SMILES string of the molecule is C#Cc1cc(C#C)c2c(c1)Cc1cc(C#C)c(N)c(O)c1-2. The van der Waals surface area contributed by atoms with E-state index in [9.17, 15) is 5.11 Å². The van der Waals surface area contributed by atoms with E-state index in [4.69, 9.17) is 25.0 Å². The second-order valence-corrected chi connectivity index (χ2v) is 4.89. The van der Waals surface area contributed by atoms with E-state index in [1.807, 2.05) is 12.1 Å². The van der Waals surface area contributed by atoms with Crippen molar-refractivity contribution in [3.63, 3.8) is 0 Å². The summed E-state index contributed by atoms with van der Waals surface area (Å²) in [5.41, 5.74) is 11.3. The van der Waals surface area contributed by atoms with Crippen LogP contribution >= 0.6 is 0 Å². The van der Waals surface area contributed by atoms with E-state index in [0.29, 0.717) is 23.1 Å². The standard InChI is InChI=1S/C19H11NO/c1-4-11-7-12(5-2)16-14(8-11)10-15-9-13(6-3)18(20)19(21)17(15)16/h1-3,7-9,21H,10,20H2. The molecule has 1 aliphatic carbocycles. The van der Waals surface area contributed by atoms with Crippen molar-refractivity contribution >= 4 is 5.69 Å². The van der Waals surface area contributed by atoms with Crippen LogP contribution in [0.2, 0.25) is 0 Å². The van der Waals surface area contributed by atoms with Gasteiger partial charge in [0.2, 0.25) is 0 Å². The maximum atomic E-state index is 10.4. The molecule has 2 aromatic carbocycles. The number of fused-ring (bicyclic) bond motifs is 3. The van der Waals surface area contributed by atoms with Gasteiger partial charge in [-0.05, 0) is 35.7 Å². The summed E-state index contributed by atoms with van der Waals surface area (Å²) in [5, 5.41) is 10.4. The molecule has 2 aromatic rings. The molecule has 0 saturated heterocycles. The lowest BCUT2D eigenvalue weighted by atomic mass is 9.95. The Hall–Kier alpha value is -3.28. The van der Waals surface area contributed by atoms with Crippen LogP contribution in [-0.2, 0) is 6.42 Å². The van der Waals surface area contributed by atoms with Crippen molar-refractivity contribution < 1.29 is 5.11 Å². The molecular formula is C19H11NO. The molecule has 0 amide bonds. The zero-order chi connectivity index (χ0) is 15.1. The molecule has 0 saturated carbocycles. The monoisotopic (exact) mass is 269 g/mol. The highest BCUT2D eigenvalue weighted by Gasteiger charge is 2.27. The summed E-state index contributed by atoms with van der Waals surface area (Å²) < 4.78 is 0. The van der Waals surface area contributed by atoms with Gasteiger partial charge in [-0.15, -0.1) is 19.3 Å². The van der Waals surface area contributed by atoms with E-state index < -0.39 is 0 Å². The van der Waals surface area contributed by atoms with E-state index >= 15 is 0 Å². The molecular weight excluding hydrogens is 258 g/mol.